The second-order valence-electron chi connectivity index (χ2n) is 7.09. The van der Waals surface area contributed by atoms with Crippen molar-refractivity contribution in [2.75, 3.05) is 0 Å². The highest BCUT2D eigenvalue weighted by Gasteiger charge is 2.54. The van der Waals surface area contributed by atoms with Gasteiger partial charge in [0.25, 0.3) is 0 Å². The molecule has 0 radical (unpaired) electrons. The lowest BCUT2D eigenvalue weighted by atomic mass is 9.90. The van der Waals surface area contributed by atoms with Crippen LogP contribution in [0.15, 0.2) is 24.3 Å². The van der Waals surface area contributed by atoms with Gasteiger partial charge in [-0.2, -0.15) is 0 Å². The summed E-state index contributed by atoms with van der Waals surface area (Å²) in [6.07, 6.45) is -0.182. The Labute approximate surface area is 120 Å². The van der Waals surface area contributed by atoms with E-state index >= 15 is 0 Å². The maximum atomic E-state index is 12.5. The molecule has 2 bridgehead atoms. The van der Waals surface area contributed by atoms with Crippen LogP contribution in [0.25, 0.3) is 0 Å². The van der Waals surface area contributed by atoms with Gasteiger partial charge >= 0.3 is 6.09 Å². The average molecular weight is 273 g/mol. The lowest BCUT2D eigenvalue weighted by Crippen LogP contribution is -2.43. The molecule has 3 rings (SSSR count). The van der Waals surface area contributed by atoms with E-state index < -0.39 is 5.60 Å². The number of hydrogen-bond donors (Lipinski definition) is 0. The summed E-state index contributed by atoms with van der Waals surface area (Å²) in [6.45, 7) is 10.1. The van der Waals surface area contributed by atoms with Crippen molar-refractivity contribution >= 4 is 6.09 Å². The van der Waals surface area contributed by atoms with Gasteiger partial charge in [-0.15, -0.1) is 0 Å². The topological polar surface area (TPSA) is 29.5 Å². The summed E-state index contributed by atoms with van der Waals surface area (Å²) < 4.78 is 5.60. The smallest absolute Gasteiger partial charge is 0.411 e. The van der Waals surface area contributed by atoms with Crippen molar-refractivity contribution in [3.05, 3.63) is 35.4 Å². The summed E-state index contributed by atoms with van der Waals surface area (Å²) >= 11 is 0. The van der Waals surface area contributed by atoms with E-state index in [1.807, 2.05) is 25.7 Å². The molecule has 1 amide bonds. The van der Waals surface area contributed by atoms with Gasteiger partial charge < -0.3 is 4.74 Å². The Morgan fingerprint density at radius 2 is 1.75 bits per heavy atom. The molecule has 3 heteroatoms. The van der Waals surface area contributed by atoms with Crippen molar-refractivity contribution < 1.29 is 9.53 Å². The maximum Gasteiger partial charge on any atom is 0.411 e. The zero-order valence-corrected chi connectivity index (χ0v) is 12.9. The molecular weight excluding hydrogens is 250 g/mol. The van der Waals surface area contributed by atoms with Crippen LogP contribution >= 0.6 is 0 Å². The first-order chi connectivity index (χ1) is 9.31. The standard InChI is InChI=1S/C17H23NO2/c1-10-14-11(2)18(16(19)20-17(3,4)5)15(10)13-9-7-6-8-12(13)14/h6-11,14-15H,1-5H3/t10-,11+,14+,15+/m0/s1. The Hall–Kier alpha value is -1.51. The zero-order chi connectivity index (χ0) is 14.7. The summed E-state index contributed by atoms with van der Waals surface area (Å²) in [5, 5.41) is 0. The molecular formula is C17H23NO2. The van der Waals surface area contributed by atoms with Crippen LogP contribution in [0, 0.1) is 5.92 Å². The normalized spacial score (nSPS) is 31.4. The third-order valence-electron chi connectivity index (χ3n) is 4.60. The Kier molecular flexibility index (Phi) is 2.86. The van der Waals surface area contributed by atoms with Crippen LogP contribution in [0.4, 0.5) is 4.79 Å². The fraction of sp³-hybridized carbons (Fsp3) is 0.588. The molecule has 1 aromatic rings. The van der Waals surface area contributed by atoms with E-state index in [-0.39, 0.29) is 18.2 Å². The molecule has 0 aromatic heterocycles. The molecule has 4 atom stereocenters. The molecule has 1 saturated heterocycles. The minimum Gasteiger partial charge on any atom is -0.444 e. The number of hydrogen-bond acceptors (Lipinski definition) is 2. The molecule has 1 aliphatic heterocycles. The molecule has 1 aromatic carbocycles. The van der Waals surface area contributed by atoms with Crippen molar-refractivity contribution in [3.63, 3.8) is 0 Å². The lowest BCUT2D eigenvalue weighted by molar-refractivity contribution is 0.0129. The number of carbonyl (C=O) groups is 1. The van der Waals surface area contributed by atoms with E-state index in [9.17, 15) is 4.79 Å². The van der Waals surface area contributed by atoms with Gasteiger partial charge in [0.15, 0.2) is 0 Å². The van der Waals surface area contributed by atoms with Gasteiger partial charge in [0.05, 0.1) is 6.04 Å². The summed E-state index contributed by atoms with van der Waals surface area (Å²) in [7, 11) is 0. The number of nitrogens with zero attached hydrogens (tertiary/aromatic N) is 1. The molecule has 0 N–H and O–H groups in total. The molecule has 1 fully saturated rings. The fourth-order valence-electron chi connectivity index (χ4n) is 3.97. The van der Waals surface area contributed by atoms with Crippen LogP contribution in [-0.4, -0.2) is 22.6 Å². The Bertz CT molecular complexity index is 546. The van der Waals surface area contributed by atoms with Crippen LogP contribution in [0.1, 0.15) is 57.7 Å². The average Bonchev–Trinajstić information content (AvgIpc) is 2.75. The van der Waals surface area contributed by atoms with E-state index in [4.69, 9.17) is 4.74 Å². The first kappa shape index (κ1) is 13.5. The number of fused-ring (bicyclic) bond motifs is 5. The lowest BCUT2D eigenvalue weighted by Gasteiger charge is -2.35. The third kappa shape index (κ3) is 1.83. The van der Waals surface area contributed by atoms with Crippen molar-refractivity contribution in [1.82, 2.24) is 4.90 Å². The van der Waals surface area contributed by atoms with Gasteiger partial charge in [0, 0.05) is 12.0 Å². The molecule has 0 spiro atoms. The SMILES string of the molecule is C[C@H]1[C@H]2c3ccccc3[C@@H]1N(C(=O)OC(C)(C)C)[C@@H]2C. The van der Waals surface area contributed by atoms with Crippen molar-refractivity contribution in [2.24, 2.45) is 5.92 Å². The summed E-state index contributed by atoms with van der Waals surface area (Å²) in [6, 6.07) is 8.89. The van der Waals surface area contributed by atoms with Crippen molar-refractivity contribution in [2.45, 2.75) is 58.2 Å². The first-order valence-electron chi connectivity index (χ1n) is 7.41. The maximum absolute atomic E-state index is 12.5. The fourth-order valence-corrected chi connectivity index (χ4v) is 3.97. The number of rotatable bonds is 0. The van der Waals surface area contributed by atoms with Crippen LogP contribution in [0.2, 0.25) is 0 Å². The minimum absolute atomic E-state index is 0.168. The summed E-state index contributed by atoms with van der Waals surface area (Å²) in [4.78, 5) is 14.5. The van der Waals surface area contributed by atoms with E-state index in [0.717, 1.165) is 0 Å². The summed E-state index contributed by atoms with van der Waals surface area (Å²) in [5.74, 6) is 0.902. The van der Waals surface area contributed by atoms with Gasteiger partial charge in [-0.3, -0.25) is 4.90 Å². The van der Waals surface area contributed by atoms with E-state index in [1.165, 1.54) is 11.1 Å². The Morgan fingerprint density at radius 3 is 2.35 bits per heavy atom. The van der Waals surface area contributed by atoms with Crippen LogP contribution in [0.3, 0.4) is 0 Å². The van der Waals surface area contributed by atoms with E-state index in [0.29, 0.717) is 11.8 Å². The highest BCUT2D eigenvalue weighted by molar-refractivity contribution is 5.71. The van der Waals surface area contributed by atoms with Crippen LogP contribution in [-0.2, 0) is 4.74 Å². The number of benzene rings is 1. The van der Waals surface area contributed by atoms with Gasteiger partial charge in [0.2, 0.25) is 0 Å². The predicted octanol–water partition coefficient (Wildman–Crippen LogP) is 4.10. The zero-order valence-electron chi connectivity index (χ0n) is 12.9. The second-order valence-corrected chi connectivity index (χ2v) is 7.09. The van der Waals surface area contributed by atoms with Gasteiger partial charge in [-0.25, -0.2) is 4.79 Å². The van der Waals surface area contributed by atoms with Crippen molar-refractivity contribution in [3.8, 4) is 0 Å². The number of amides is 1. The Morgan fingerprint density at radius 1 is 1.15 bits per heavy atom. The molecule has 0 saturated carbocycles. The van der Waals surface area contributed by atoms with Crippen molar-refractivity contribution in [1.29, 1.82) is 0 Å². The van der Waals surface area contributed by atoms with Gasteiger partial charge in [-0.05, 0) is 44.7 Å². The minimum atomic E-state index is -0.443. The predicted molar refractivity (Wildman–Crippen MR) is 78.6 cm³/mol. The van der Waals surface area contributed by atoms with Gasteiger partial charge in [-0.1, -0.05) is 31.2 Å². The van der Waals surface area contributed by atoms with E-state index in [1.54, 1.807) is 0 Å². The summed E-state index contributed by atoms with van der Waals surface area (Å²) in [5.41, 5.74) is 2.27. The first-order valence-corrected chi connectivity index (χ1v) is 7.41. The molecule has 20 heavy (non-hydrogen) atoms. The molecule has 0 unspecified atom stereocenters. The largest absolute Gasteiger partial charge is 0.444 e. The van der Waals surface area contributed by atoms with Crippen LogP contribution < -0.4 is 0 Å². The number of ether oxygens (including phenoxy) is 1. The number of carbonyl (C=O) groups excluding carboxylic acids is 1. The van der Waals surface area contributed by atoms with Gasteiger partial charge in [0.1, 0.15) is 5.60 Å². The molecule has 108 valence electrons. The third-order valence-corrected chi connectivity index (χ3v) is 4.60. The van der Waals surface area contributed by atoms with Crippen LogP contribution in [0.5, 0.6) is 0 Å². The molecule has 3 nitrogen and oxygen atoms in total. The highest BCUT2D eigenvalue weighted by Crippen LogP contribution is 2.57. The molecule has 2 aliphatic rings. The molecule has 1 aliphatic carbocycles. The monoisotopic (exact) mass is 273 g/mol. The number of likely N-dealkylation sites (tertiary alicyclic amines) is 1. The molecule has 1 heterocycles. The van der Waals surface area contributed by atoms with E-state index in [2.05, 4.69) is 38.1 Å². The highest BCUT2D eigenvalue weighted by atomic mass is 16.6. The Balaban J connectivity index is 1.95. The quantitative estimate of drug-likeness (QED) is 0.712. The second kappa shape index (κ2) is 4.24.